The number of rotatable bonds is 15. The van der Waals surface area contributed by atoms with Crippen molar-refractivity contribution < 1.29 is 28.2 Å². The summed E-state index contributed by atoms with van der Waals surface area (Å²) in [6.45, 7) is 4.41. The van der Waals surface area contributed by atoms with Gasteiger partial charge >= 0.3 is 0 Å². The number of amides is 2. The Morgan fingerprint density at radius 1 is 0.884 bits per heavy atom. The Morgan fingerprint density at radius 3 is 2.49 bits per heavy atom. The SMILES string of the molecule is O=C1CCC(=O)N1CCOc1cccc(CNC2CNCCC2c2ccc(OCCCOCc3ccccc3F)cc2)c1. The molecule has 9 heteroatoms. The maximum Gasteiger partial charge on any atom is 0.229 e. The third kappa shape index (κ3) is 8.86. The van der Waals surface area contributed by atoms with Gasteiger partial charge in [0.15, 0.2) is 0 Å². The van der Waals surface area contributed by atoms with Gasteiger partial charge in [-0.15, -0.1) is 0 Å². The average molecular weight is 590 g/mol. The number of hydrogen-bond donors (Lipinski definition) is 2. The van der Waals surface area contributed by atoms with Gasteiger partial charge in [-0.05, 0) is 54.4 Å². The third-order valence-corrected chi connectivity index (χ3v) is 7.91. The molecule has 8 nitrogen and oxygen atoms in total. The number of nitrogens with zero attached hydrogens (tertiary/aromatic N) is 1. The smallest absolute Gasteiger partial charge is 0.229 e. The van der Waals surface area contributed by atoms with Crippen LogP contribution in [0.4, 0.5) is 4.39 Å². The van der Waals surface area contributed by atoms with Crippen molar-refractivity contribution in [3.05, 3.63) is 95.3 Å². The van der Waals surface area contributed by atoms with E-state index in [-0.39, 0.29) is 43.4 Å². The Kier molecular flexibility index (Phi) is 11.1. The molecule has 2 heterocycles. The lowest BCUT2D eigenvalue weighted by molar-refractivity contribution is -0.138. The van der Waals surface area contributed by atoms with E-state index in [1.54, 1.807) is 18.2 Å². The van der Waals surface area contributed by atoms with Crippen LogP contribution in [0.2, 0.25) is 0 Å². The quantitative estimate of drug-likeness (QED) is 0.198. The molecule has 0 aliphatic carbocycles. The lowest BCUT2D eigenvalue weighted by atomic mass is 9.86. The van der Waals surface area contributed by atoms with E-state index in [4.69, 9.17) is 14.2 Å². The first kappa shape index (κ1) is 30.7. The van der Waals surface area contributed by atoms with Crippen LogP contribution in [0.25, 0.3) is 0 Å². The van der Waals surface area contributed by atoms with E-state index < -0.39 is 0 Å². The fourth-order valence-corrected chi connectivity index (χ4v) is 5.55. The molecule has 0 spiro atoms. The van der Waals surface area contributed by atoms with E-state index >= 15 is 0 Å². The molecule has 0 radical (unpaired) electrons. The van der Waals surface area contributed by atoms with Crippen molar-refractivity contribution in [1.82, 2.24) is 15.5 Å². The Hall–Kier alpha value is -3.79. The highest BCUT2D eigenvalue weighted by molar-refractivity contribution is 6.01. The molecule has 2 N–H and O–H groups in total. The molecule has 2 amide bonds. The van der Waals surface area contributed by atoms with Crippen LogP contribution >= 0.6 is 0 Å². The minimum atomic E-state index is -0.242. The van der Waals surface area contributed by atoms with Gasteiger partial charge in [-0.1, -0.05) is 42.5 Å². The van der Waals surface area contributed by atoms with Crippen molar-refractivity contribution in [2.75, 3.05) is 39.5 Å². The van der Waals surface area contributed by atoms with Gasteiger partial charge in [0.25, 0.3) is 0 Å². The highest BCUT2D eigenvalue weighted by Gasteiger charge is 2.28. The molecule has 0 saturated carbocycles. The van der Waals surface area contributed by atoms with E-state index in [2.05, 4.69) is 28.8 Å². The molecule has 0 aromatic heterocycles. The predicted octanol–water partition coefficient (Wildman–Crippen LogP) is 4.57. The van der Waals surface area contributed by atoms with Crippen LogP contribution in [0.3, 0.4) is 0 Å². The standard InChI is InChI=1S/C34H40FN3O5/c35-31-8-2-1-6-27(31)24-41-18-4-19-42-28-11-9-26(10-12-28)30-15-16-36-23-32(30)37-22-25-5-3-7-29(21-25)43-20-17-38-33(39)13-14-34(38)40/h1-3,5-12,21,30,32,36-37H,4,13-20,22-24H2. The molecular formula is C34H40FN3O5. The molecule has 2 fully saturated rings. The molecule has 2 aliphatic rings. The summed E-state index contributed by atoms with van der Waals surface area (Å²) in [7, 11) is 0. The van der Waals surface area contributed by atoms with Crippen molar-refractivity contribution in [2.45, 2.75) is 50.8 Å². The average Bonchev–Trinajstić information content (AvgIpc) is 3.35. The minimum Gasteiger partial charge on any atom is -0.494 e. The molecule has 2 unspecified atom stereocenters. The van der Waals surface area contributed by atoms with Crippen molar-refractivity contribution in [3.63, 3.8) is 0 Å². The number of likely N-dealkylation sites (tertiary alicyclic amines) is 1. The Labute approximate surface area is 252 Å². The van der Waals surface area contributed by atoms with Gasteiger partial charge in [0.1, 0.15) is 23.9 Å². The fraction of sp³-hybridized carbons (Fsp3) is 0.412. The largest absolute Gasteiger partial charge is 0.494 e. The van der Waals surface area contributed by atoms with Crippen LogP contribution < -0.4 is 20.1 Å². The zero-order valence-electron chi connectivity index (χ0n) is 24.4. The summed E-state index contributed by atoms with van der Waals surface area (Å²) in [5.74, 6) is 1.44. The van der Waals surface area contributed by atoms with Crippen LogP contribution in [0.15, 0.2) is 72.8 Å². The topological polar surface area (TPSA) is 89.1 Å². The molecule has 228 valence electrons. The Balaban J connectivity index is 1.04. The molecule has 3 aromatic carbocycles. The second-order valence-electron chi connectivity index (χ2n) is 10.9. The highest BCUT2D eigenvalue weighted by atomic mass is 19.1. The Bertz CT molecular complexity index is 1340. The highest BCUT2D eigenvalue weighted by Crippen LogP contribution is 2.28. The van der Waals surface area contributed by atoms with Crippen molar-refractivity contribution in [2.24, 2.45) is 0 Å². The van der Waals surface area contributed by atoms with Gasteiger partial charge in [-0.3, -0.25) is 14.5 Å². The number of halogens is 1. The van der Waals surface area contributed by atoms with Gasteiger partial charge < -0.3 is 24.8 Å². The number of imide groups is 1. The molecule has 0 bridgehead atoms. The second kappa shape index (κ2) is 15.6. The van der Waals surface area contributed by atoms with E-state index in [1.807, 2.05) is 30.3 Å². The number of carbonyl (C=O) groups excluding carboxylic acids is 2. The summed E-state index contributed by atoms with van der Waals surface area (Å²) in [5.41, 5.74) is 2.95. The number of piperidine rings is 1. The number of benzene rings is 3. The zero-order valence-corrected chi connectivity index (χ0v) is 24.4. The van der Waals surface area contributed by atoms with Gasteiger partial charge in [0.2, 0.25) is 11.8 Å². The lowest BCUT2D eigenvalue weighted by Gasteiger charge is -2.33. The molecule has 5 rings (SSSR count). The summed E-state index contributed by atoms with van der Waals surface area (Å²) < 4.78 is 31.0. The van der Waals surface area contributed by atoms with Gasteiger partial charge in [0, 0.05) is 49.9 Å². The maximum absolute atomic E-state index is 13.7. The first-order valence-corrected chi connectivity index (χ1v) is 15.1. The number of hydrogen-bond acceptors (Lipinski definition) is 7. The summed E-state index contributed by atoms with van der Waals surface area (Å²) in [4.78, 5) is 24.9. The summed E-state index contributed by atoms with van der Waals surface area (Å²) in [6, 6.07) is 23.2. The first-order valence-electron chi connectivity index (χ1n) is 15.1. The van der Waals surface area contributed by atoms with Crippen molar-refractivity contribution in [3.8, 4) is 11.5 Å². The first-order chi connectivity index (χ1) is 21.1. The van der Waals surface area contributed by atoms with Crippen LogP contribution in [0, 0.1) is 5.82 Å². The third-order valence-electron chi connectivity index (χ3n) is 7.91. The lowest BCUT2D eigenvalue weighted by Crippen LogP contribution is -2.47. The van der Waals surface area contributed by atoms with Crippen LogP contribution in [-0.2, 0) is 27.5 Å². The van der Waals surface area contributed by atoms with Crippen LogP contribution in [0.1, 0.15) is 48.3 Å². The molecular weight excluding hydrogens is 549 g/mol. The normalized spacial score (nSPS) is 18.7. The monoisotopic (exact) mass is 589 g/mol. The fourth-order valence-electron chi connectivity index (χ4n) is 5.55. The summed E-state index contributed by atoms with van der Waals surface area (Å²) in [5, 5.41) is 7.23. The van der Waals surface area contributed by atoms with Gasteiger partial charge in [-0.25, -0.2) is 4.39 Å². The summed E-state index contributed by atoms with van der Waals surface area (Å²) >= 11 is 0. The molecule has 3 aromatic rings. The molecule has 2 aliphatic heterocycles. The molecule has 43 heavy (non-hydrogen) atoms. The van der Waals surface area contributed by atoms with Crippen molar-refractivity contribution in [1.29, 1.82) is 0 Å². The molecule has 2 saturated heterocycles. The number of carbonyl (C=O) groups is 2. The number of ether oxygens (including phenoxy) is 3. The van der Waals surface area contributed by atoms with E-state index in [1.165, 1.54) is 16.5 Å². The zero-order chi connectivity index (χ0) is 29.9. The van der Waals surface area contributed by atoms with E-state index in [0.717, 1.165) is 43.0 Å². The maximum atomic E-state index is 13.7. The van der Waals surface area contributed by atoms with Gasteiger partial charge in [0.05, 0.1) is 26.4 Å². The van der Waals surface area contributed by atoms with E-state index in [0.29, 0.717) is 44.1 Å². The number of nitrogens with one attached hydrogen (secondary N) is 2. The second-order valence-corrected chi connectivity index (χ2v) is 10.9. The van der Waals surface area contributed by atoms with E-state index in [9.17, 15) is 14.0 Å². The van der Waals surface area contributed by atoms with Gasteiger partial charge in [-0.2, -0.15) is 0 Å². The van der Waals surface area contributed by atoms with Crippen molar-refractivity contribution >= 4 is 11.8 Å². The minimum absolute atomic E-state index is 0.121. The summed E-state index contributed by atoms with van der Waals surface area (Å²) in [6.07, 6.45) is 2.35. The molecule has 2 atom stereocenters. The predicted molar refractivity (Wildman–Crippen MR) is 161 cm³/mol. The van der Waals surface area contributed by atoms with Crippen LogP contribution in [-0.4, -0.2) is 62.2 Å². The Morgan fingerprint density at radius 2 is 1.67 bits per heavy atom. The van der Waals surface area contributed by atoms with Crippen LogP contribution in [0.5, 0.6) is 11.5 Å².